The third kappa shape index (κ3) is 3.98. The number of nitrogens with zero attached hydrogens (tertiary/aromatic N) is 2. The van der Waals surface area contributed by atoms with Gasteiger partial charge in [-0.25, -0.2) is 4.68 Å². The van der Waals surface area contributed by atoms with Crippen LogP contribution in [-0.2, 0) is 6.42 Å². The molecule has 3 heterocycles. The predicted octanol–water partition coefficient (Wildman–Crippen LogP) is 6.01. The lowest BCUT2D eigenvalue weighted by atomic mass is 10.1. The van der Waals surface area contributed by atoms with E-state index in [1.165, 1.54) is 12.1 Å². The van der Waals surface area contributed by atoms with Gasteiger partial charge in [0.15, 0.2) is 0 Å². The van der Waals surface area contributed by atoms with Gasteiger partial charge in [-0.3, -0.25) is 0 Å². The van der Waals surface area contributed by atoms with Gasteiger partial charge in [-0.15, -0.1) is 24.5 Å². The van der Waals surface area contributed by atoms with Crippen LogP contribution in [0, 0.1) is 0 Å². The highest BCUT2D eigenvalue weighted by molar-refractivity contribution is 9.11. The summed E-state index contributed by atoms with van der Waals surface area (Å²) in [5, 5.41) is 8.20. The van der Waals surface area contributed by atoms with Gasteiger partial charge in [0, 0.05) is 12.1 Å². The van der Waals surface area contributed by atoms with Crippen LogP contribution in [0.1, 0.15) is 18.4 Å². The lowest BCUT2D eigenvalue weighted by Crippen LogP contribution is -2.17. The Morgan fingerprint density at radius 2 is 1.89 bits per heavy atom. The predicted molar refractivity (Wildman–Crippen MR) is 103 cm³/mol. The first-order valence-electron chi connectivity index (χ1n) is 8.38. The fourth-order valence-electron chi connectivity index (χ4n) is 3.12. The van der Waals surface area contributed by atoms with Crippen LogP contribution in [0.3, 0.4) is 0 Å². The zero-order chi connectivity index (χ0) is 19.0. The molecule has 1 aliphatic heterocycles. The highest BCUT2D eigenvalue weighted by atomic mass is 79.9. The van der Waals surface area contributed by atoms with E-state index in [0.717, 1.165) is 51.5 Å². The zero-order valence-electron chi connectivity index (χ0n) is 14.0. The maximum atomic E-state index is 12.4. The van der Waals surface area contributed by atoms with E-state index < -0.39 is 6.36 Å². The molecule has 0 saturated heterocycles. The number of anilines is 1. The second kappa shape index (κ2) is 7.20. The van der Waals surface area contributed by atoms with Gasteiger partial charge in [0.25, 0.3) is 0 Å². The van der Waals surface area contributed by atoms with Crippen LogP contribution in [-0.4, -0.2) is 22.7 Å². The minimum Gasteiger partial charge on any atom is -0.406 e. The minimum absolute atomic E-state index is 0.250. The first-order chi connectivity index (χ1) is 12.9. The summed E-state index contributed by atoms with van der Waals surface area (Å²) in [5.74, 6) is 0.649. The average Bonchev–Trinajstić information content (AvgIpc) is 3.10. The molecule has 4 rings (SSSR count). The molecular formula is C18H15BrF3N3OS. The summed E-state index contributed by atoms with van der Waals surface area (Å²) >= 11 is 5.09. The van der Waals surface area contributed by atoms with Gasteiger partial charge in [0.05, 0.1) is 14.4 Å². The van der Waals surface area contributed by atoms with Crippen LogP contribution < -0.4 is 10.1 Å². The SMILES string of the molecule is FC(F)(F)Oc1ccc(-n2nc(-c3ccc(Br)s3)c3c2NCCCC3)cc1. The van der Waals surface area contributed by atoms with Gasteiger partial charge in [-0.1, -0.05) is 0 Å². The van der Waals surface area contributed by atoms with E-state index in [9.17, 15) is 13.2 Å². The van der Waals surface area contributed by atoms with Crippen molar-refractivity contribution in [3.63, 3.8) is 0 Å². The molecule has 142 valence electrons. The fourth-order valence-corrected chi connectivity index (χ4v) is 4.52. The van der Waals surface area contributed by atoms with Gasteiger partial charge < -0.3 is 10.1 Å². The van der Waals surface area contributed by atoms with E-state index >= 15 is 0 Å². The second-order valence-corrected chi connectivity index (χ2v) is 8.58. The molecule has 0 aliphatic carbocycles. The molecule has 9 heteroatoms. The smallest absolute Gasteiger partial charge is 0.406 e. The van der Waals surface area contributed by atoms with Crippen LogP contribution in [0.5, 0.6) is 5.75 Å². The number of hydrogen-bond acceptors (Lipinski definition) is 4. The normalized spacial score (nSPS) is 14.4. The molecule has 0 saturated carbocycles. The Balaban J connectivity index is 1.75. The zero-order valence-corrected chi connectivity index (χ0v) is 16.4. The number of ether oxygens (including phenoxy) is 1. The Morgan fingerprint density at radius 3 is 2.56 bits per heavy atom. The molecule has 0 amide bonds. The van der Waals surface area contributed by atoms with Crippen LogP contribution in [0.4, 0.5) is 19.0 Å². The van der Waals surface area contributed by atoms with Crippen molar-refractivity contribution in [3.05, 3.63) is 45.7 Å². The molecule has 0 fully saturated rings. The lowest BCUT2D eigenvalue weighted by molar-refractivity contribution is -0.274. The molecule has 1 aromatic carbocycles. The van der Waals surface area contributed by atoms with Gasteiger partial charge >= 0.3 is 6.36 Å². The molecule has 0 spiro atoms. The third-order valence-corrected chi connectivity index (χ3v) is 5.88. The van der Waals surface area contributed by atoms with Gasteiger partial charge in [0.1, 0.15) is 17.3 Å². The summed E-state index contributed by atoms with van der Waals surface area (Å²) in [6.07, 6.45) is -1.68. The summed E-state index contributed by atoms with van der Waals surface area (Å²) in [6.45, 7) is 0.835. The van der Waals surface area contributed by atoms with E-state index in [0.29, 0.717) is 5.69 Å². The van der Waals surface area contributed by atoms with Crippen molar-refractivity contribution in [2.45, 2.75) is 25.6 Å². The number of rotatable bonds is 3. The summed E-state index contributed by atoms with van der Waals surface area (Å²) in [7, 11) is 0. The van der Waals surface area contributed by atoms with Crippen LogP contribution in [0.15, 0.2) is 40.2 Å². The number of thiophene rings is 1. The summed E-state index contributed by atoms with van der Waals surface area (Å²) in [5.41, 5.74) is 2.72. The highest BCUT2D eigenvalue weighted by Crippen LogP contribution is 2.38. The summed E-state index contributed by atoms with van der Waals surface area (Å²) in [4.78, 5) is 1.05. The number of alkyl halides is 3. The molecule has 0 atom stereocenters. The van der Waals surface area contributed by atoms with Crippen molar-refractivity contribution in [3.8, 4) is 22.0 Å². The van der Waals surface area contributed by atoms with E-state index in [4.69, 9.17) is 5.10 Å². The Hall–Kier alpha value is -2.00. The van der Waals surface area contributed by atoms with Crippen molar-refractivity contribution in [2.24, 2.45) is 0 Å². The third-order valence-electron chi connectivity index (χ3n) is 4.25. The van der Waals surface area contributed by atoms with Crippen molar-refractivity contribution in [2.75, 3.05) is 11.9 Å². The van der Waals surface area contributed by atoms with Crippen molar-refractivity contribution in [1.29, 1.82) is 0 Å². The highest BCUT2D eigenvalue weighted by Gasteiger charge is 2.31. The number of aromatic nitrogens is 2. The van der Waals surface area contributed by atoms with Gasteiger partial charge in [0.2, 0.25) is 0 Å². The van der Waals surface area contributed by atoms with E-state index in [-0.39, 0.29) is 5.75 Å². The maximum Gasteiger partial charge on any atom is 0.573 e. The van der Waals surface area contributed by atoms with Gasteiger partial charge in [-0.2, -0.15) is 5.10 Å². The summed E-state index contributed by atoms with van der Waals surface area (Å²) in [6, 6.07) is 9.76. The minimum atomic E-state index is -4.70. The molecule has 0 bridgehead atoms. The van der Waals surface area contributed by atoms with Crippen molar-refractivity contribution >= 4 is 33.1 Å². The molecular weight excluding hydrogens is 443 g/mol. The molecule has 4 nitrogen and oxygen atoms in total. The van der Waals surface area contributed by atoms with Crippen molar-refractivity contribution < 1.29 is 17.9 Å². The molecule has 2 aromatic heterocycles. The van der Waals surface area contributed by atoms with Crippen molar-refractivity contribution in [1.82, 2.24) is 9.78 Å². The number of fused-ring (bicyclic) bond motifs is 1. The monoisotopic (exact) mass is 457 g/mol. The maximum absolute atomic E-state index is 12.4. The molecule has 1 N–H and O–H groups in total. The molecule has 0 radical (unpaired) electrons. The van der Waals surface area contributed by atoms with Gasteiger partial charge in [-0.05, 0) is 71.6 Å². The number of halogens is 4. The topological polar surface area (TPSA) is 39.1 Å². The lowest BCUT2D eigenvalue weighted by Gasteiger charge is -2.11. The molecule has 0 unspecified atom stereocenters. The molecule has 1 aliphatic rings. The van der Waals surface area contributed by atoms with E-state index in [1.807, 2.05) is 12.1 Å². The second-order valence-electron chi connectivity index (χ2n) is 6.12. The quantitative estimate of drug-likeness (QED) is 0.523. The Labute approximate surface area is 166 Å². The largest absolute Gasteiger partial charge is 0.573 e. The summed E-state index contributed by atoms with van der Waals surface area (Å²) < 4.78 is 43.9. The molecule has 3 aromatic rings. The number of benzene rings is 1. The average molecular weight is 458 g/mol. The Morgan fingerprint density at radius 1 is 1.11 bits per heavy atom. The first-order valence-corrected chi connectivity index (χ1v) is 9.99. The van der Waals surface area contributed by atoms with E-state index in [2.05, 4.69) is 26.0 Å². The number of hydrogen-bond donors (Lipinski definition) is 1. The van der Waals surface area contributed by atoms with Crippen LogP contribution in [0.2, 0.25) is 0 Å². The Bertz CT molecular complexity index is 950. The number of nitrogens with one attached hydrogen (secondary N) is 1. The Kier molecular flexibility index (Phi) is 4.90. The first kappa shape index (κ1) is 18.4. The standard InChI is InChI=1S/C18H15BrF3N3OS/c19-15-9-8-14(27-15)16-13-3-1-2-10-23-17(13)25(24-16)11-4-6-12(7-5-11)26-18(20,21)22/h4-9,23H,1-3,10H2. The van der Waals surface area contributed by atoms with E-state index in [1.54, 1.807) is 28.2 Å². The molecule has 27 heavy (non-hydrogen) atoms. The van der Waals surface area contributed by atoms with Crippen LogP contribution in [0.25, 0.3) is 16.3 Å². The van der Waals surface area contributed by atoms with Crippen LogP contribution >= 0.6 is 27.3 Å². The fraction of sp³-hybridized carbons (Fsp3) is 0.278.